The molecule has 0 aromatic carbocycles. The second-order valence-electron chi connectivity index (χ2n) is 3.15. The van der Waals surface area contributed by atoms with E-state index in [1.807, 2.05) is 0 Å². The van der Waals surface area contributed by atoms with E-state index >= 15 is 0 Å². The molecule has 0 spiro atoms. The van der Waals surface area contributed by atoms with Crippen molar-refractivity contribution < 1.29 is 4.79 Å². The van der Waals surface area contributed by atoms with Gasteiger partial charge < -0.3 is 5.73 Å². The van der Waals surface area contributed by atoms with Crippen LogP contribution in [0.15, 0.2) is 6.33 Å². The van der Waals surface area contributed by atoms with E-state index in [0.717, 1.165) is 18.8 Å². The highest BCUT2D eigenvalue weighted by atomic mass is 16.1. The SMILES string of the molecule is CCCn1ncnc1CC(=O)CCN. The molecule has 0 aliphatic heterocycles. The third-order valence-corrected chi connectivity index (χ3v) is 1.91. The van der Waals surface area contributed by atoms with Gasteiger partial charge >= 0.3 is 0 Å². The molecule has 0 aliphatic rings. The average Bonchev–Trinajstić information content (AvgIpc) is 2.54. The summed E-state index contributed by atoms with van der Waals surface area (Å²) < 4.78 is 1.77. The molecule has 78 valence electrons. The molecule has 0 atom stereocenters. The second-order valence-corrected chi connectivity index (χ2v) is 3.15. The van der Waals surface area contributed by atoms with Crippen LogP contribution in [0.4, 0.5) is 0 Å². The summed E-state index contributed by atoms with van der Waals surface area (Å²) in [6, 6.07) is 0. The highest BCUT2D eigenvalue weighted by Crippen LogP contribution is 1.99. The minimum absolute atomic E-state index is 0.123. The minimum Gasteiger partial charge on any atom is -0.330 e. The van der Waals surface area contributed by atoms with Gasteiger partial charge in [0.2, 0.25) is 0 Å². The molecule has 5 heteroatoms. The molecule has 0 aliphatic carbocycles. The fourth-order valence-corrected chi connectivity index (χ4v) is 1.25. The van der Waals surface area contributed by atoms with Gasteiger partial charge in [-0.2, -0.15) is 5.10 Å². The van der Waals surface area contributed by atoms with Gasteiger partial charge in [-0.15, -0.1) is 0 Å². The van der Waals surface area contributed by atoms with Gasteiger partial charge in [0.15, 0.2) is 0 Å². The van der Waals surface area contributed by atoms with Crippen LogP contribution in [0.25, 0.3) is 0 Å². The standard InChI is InChI=1S/C9H16N4O/c1-2-5-13-9(11-7-12-13)6-8(14)3-4-10/h7H,2-6,10H2,1H3. The zero-order valence-electron chi connectivity index (χ0n) is 8.44. The summed E-state index contributed by atoms with van der Waals surface area (Å²) in [5, 5.41) is 4.04. The summed E-state index contributed by atoms with van der Waals surface area (Å²) in [6.07, 6.45) is 3.23. The molecule has 0 amide bonds. The monoisotopic (exact) mass is 196 g/mol. The summed E-state index contributed by atoms with van der Waals surface area (Å²) in [7, 11) is 0. The maximum Gasteiger partial charge on any atom is 0.141 e. The number of aryl methyl sites for hydroxylation is 1. The van der Waals surface area contributed by atoms with Crippen LogP contribution < -0.4 is 5.73 Å². The van der Waals surface area contributed by atoms with Gasteiger partial charge in [-0.1, -0.05) is 6.92 Å². The lowest BCUT2D eigenvalue weighted by atomic mass is 10.2. The van der Waals surface area contributed by atoms with E-state index in [2.05, 4.69) is 17.0 Å². The van der Waals surface area contributed by atoms with Gasteiger partial charge in [0, 0.05) is 13.0 Å². The third-order valence-electron chi connectivity index (χ3n) is 1.91. The lowest BCUT2D eigenvalue weighted by molar-refractivity contribution is -0.118. The number of rotatable bonds is 6. The Morgan fingerprint density at radius 2 is 2.43 bits per heavy atom. The first-order chi connectivity index (χ1) is 6.77. The van der Waals surface area contributed by atoms with E-state index in [0.29, 0.717) is 19.4 Å². The molecular weight excluding hydrogens is 180 g/mol. The topological polar surface area (TPSA) is 73.8 Å². The van der Waals surface area contributed by atoms with Crippen molar-refractivity contribution in [2.75, 3.05) is 6.54 Å². The minimum atomic E-state index is 0.123. The number of hydrogen-bond donors (Lipinski definition) is 1. The molecule has 1 aromatic heterocycles. The van der Waals surface area contributed by atoms with E-state index in [-0.39, 0.29) is 5.78 Å². The molecule has 0 saturated carbocycles. The molecule has 5 nitrogen and oxygen atoms in total. The molecule has 0 unspecified atom stereocenters. The van der Waals surface area contributed by atoms with Gasteiger partial charge in [0.1, 0.15) is 17.9 Å². The Labute approximate surface area is 83.3 Å². The molecule has 0 radical (unpaired) electrons. The lowest BCUT2D eigenvalue weighted by Crippen LogP contribution is -2.14. The summed E-state index contributed by atoms with van der Waals surface area (Å²) in [5.74, 6) is 0.864. The number of hydrogen-bond acceptors (Lipinski definition) is 4. The van der Waals surface area contributed by atoms with E-state index < -0.39 is 0 Å². The predicted octanol–water partition coefficient (Wildman–Crippen LogP) is 0.148. The van der Waals surface area contributed by atoms with Crippen LogP contribution in [0.3, 0.4) is 0 Å². The Balaban J connectivity index is 2.56. The van der Waals surface area contributed by atoms with Crippen LogP contribution in [0.5, 0.6) is 0 Å². The molecule has 1 heterocycles. The molecule has 0 bridgehead atoms. The molecule has 2 N–H and O–H groups in total. The van der Waals surface area contributed by atoms with Crippen molar-refractivity contribution in [3.05, 3.63) is 12.2 Å². The van der Waals surface area contributed by atoms with Crippen LogP contribution in [0.1, 0.15) is 25.6 Å². The molecule has 1 rings (SSSR count). The number of nitrogens with zero attached hydrogens (tertiary/aromatic N) is 3. The van der Waals surface area contributed by atoms with Gasteiger partial charge in [-0.05, 0) is 13.0 Å². The van der Waals surface area contributed by atoms with Gasteiger partial charge in [-0.25, -0.2) is 9.67 Å². The number of carbonyl (C=O) groups excluding carboxylic acids is 1. The average molecular weight is 196 g/mol. The maximum absolute atomic E-state index is 11.3. The van der Waals surface area contributed by atoms with Crippen molar-refractivity contribution in [1.82, 2.24) is 14.8 Å². The van der Waals surface area contributed by atoms with Crippen molar-refractivity contribution >= 4 is 5.78 Å². The third kappa shape index (κ3) is 2.92. The van der Waals surface area contributed by atoms with Crippen molar-refractivity contribution in [3.63, 3.8) is 0 Å². The Bertz CT molecular complexity index is 295. The largest absolute Gasteiger partial charge is 0.330 e. The van der Waals surface area contributed by atoms with Gasteiger partial charge in [-0.3, -0.25) is 4.79 Å². The zero-order chi connectivity index (χ0) is 10.4. The van der Waals surface area contributed by atoms with Crippen molar-refractivity contribution in [3.8, 4) is 0 Å². The van der Waals surface area contributed by atoms with E-state index in [1.54, 1.807) is 4.68 Å². The highest BCUT2D eigenvalue weighted by molar-refractivity contribution is 5.80. The number of carbonyl (C=O) groups is 1. The van der Waals surface area contributed by atoms with Gasteiger partial charge in [0.25, 0.3) is 0 Å². The van der Waals surface area contributed by atoms with E-state index in [4.69, 9.17) is 5.73 Å². The Morgan fingerprint density at radius 3 is 3.07 bits per heavy atom. The van der Waals surface area contributed by atoms with Crippen LogP contribution >= 0.6 is 0 Å². The quantitative estimate of drug-likeness (QED) is 0.702. The van der Waals surface area contributed by atoms with Crippen molar-refractivity contribution in [1.29, 1.82) is 0 Å². The fraction of sp³-hybridized carbons (Fsp3) is 0.667. The summed E-state index contributed by atoms with van der Waals surface area (Å²) in [6.45, 7) is 3.28. The molecular formula is C9H16N4O. The van der Waals surface area contributed by atoms with Crippen LogP contribution in [0.2, 0.25) is 0 Å². The molecule has 0 fully saturated rings. The summed E-state index contributed by atoms with van der Waals surface area (Å²) >= 11 is 0. The molecule has 14 heavy (non-hydrogen) atoms. The van der Waals surface area contributed by atoms with E-state index in [9.17, 15) is 4.79 Å². The predicted molar refractivity (Wildman–Crippen MR) is 52.7 cm³/mol. The van der Waals surface area contributed by atoms with Crippen LogP contribution in [-0.2, 0) is 17.8 Å². The smallest absolute Gasteiger partial charge is 0.141 e. The first kappa shape index (κ1) is 10.8. The van der Waals surface area contributed by atoms with Gasteiger partial charge in [0.05, 0.1) is 6.42 Å². The first-order valence-corrected chi connectivity index (χ1v) is 4.86. The highest BCUT2D eigenvalue weighted by Gasteiger charge is 2.08. The zero-order valence-corrected chi connectivity index (χ0v) is 8.44. The Kier molecular flexibility index (Phi) is 4.25. The normalized spacial score (nSPS) is 10.4. The summed E-state index contributed by atoms with van der Waals surface area (Å²) in [5.41, 5.74) is 5.29. The first-order valence-electron chi connectivity index (χ1n) is 4.86. The molecule has 1 aromatic rings. The second kappa shape index (κ2) is 5.49. The number of aromatic nitrogens is 3. The Morgan fingerprint density at radius 1 is 1.64 bits per heavy atom. The number of Topliss-reactive ketones (excluding diaryl/α,β-unsaturated/α-hetero) is 1. The Hall–Kier alpha value is -1.23. The van der Waals surface area contributed by atoms with Crippen molar-refractivity contribution in [2.45, 2.75) is 32.7 Å². The number of nitrogens with two attached hydrogens (primary N) is 1. The van der Waals surface area contributed by atoms with Crippen LogP contribution in [0, 0.1) is 0 Å². The molecule has 0 saturated heterocycles. The van der Waals surface area contributed by atoms with Crippen molar-refractivity contribution in [2.24, 2.45) is 5.73 Å². The van der Waals surface area contributed by atoms with Crippen LogP contribution in [-0.4, -0.2) is 27.1 Å². The fourth-order valence-electron chi connectivity index (χ4n) is 1.25. The maximum atomic E-state index is 11.3. The van der Waals surface area contributed by atoms with E-state index in [1.165, 1.54) is 6.33 Å². The number of ketones is 1. The lowest BCUT2D eigenvalue weighted by Gasteiger charge is -2.02. The summed E-state index contributed by atoms with van der Waals surface area (Å²) in [4.78, 5) is 15.4.